The van der Waals surface area contributed by atoms with Crippen molar-refractivity contribution >= 4 is 23.6 Å². The molecule has 0 spiro atoms. The van der Waals surface area contributed by atoms with E-state index in [0.717, 1.165) is 11.3 Å². The Morgan fingerprint density at radius 2 is 2.26 bits per heavy atom. The minimum atomic E-state index is -0.390. The highest BCUT2D eigenvalue weighted by Gasteiger charge is 2.35. The summed E-state index contributed by atoms with van der Waals surface area (Å²) in [5.41, 5.74) is 0.997. The summed E-state index contributed by atoms with van der Waals surface area (Å²) >= 11 is 1.61. The van der Waals surface area contributed by atoms with E-state index < -0.39 is 0 Å². The highest BCUT2D eigenvalue weighted by molar-refractivity contribution is 7.99. The van der Waals surface area contributed by atoms with Crippen LogP contribution in [0.4, 0.5) is 0 Å². The van der Waals surface area contributed by atoms with Crippen molar-refractivity contribution < 1.29 is 14.3 Å². The lowest BCUT2D eigenvalue weighted by Crippen LogP contribution is -2.47. The van der Waals surface area contributed by atoms with E-state index in [1.807, 2.05) is 24.3 Å². The van der Waals surface area contributed by atoms with Crippen LogP contribution in [0.25, 0.3) is 0 Å². The van der Waals surface area contributed by atoms with Crippen molar-refractivity contribution in [3.8, 4) is 5.75 Å². The second-order valence-corrected chi connectivity index (χ2v) is 6.37. The molecule has 23 heavy (non-hydrogen) atoms. The molecule has 1 aliphatic heterocycles. The molecule has 0 unspecified atom stereocenters. The molecule has 0 aromatic heterocycles. The zero-order valence-electron chi connectivity index (χ0n) is 13.7. The number of methoxy groups -OCH3 is 1. The van der Waals surface area contributed by atoms with E-state index >= 15 is 0 Å². The van der Waals surface area contributed by atoms with Gasteiger partial charge in [-0.15, -0.1) is 11.8 Å². The molecule has 0 radical (unpaired) electrons. The lowest BCUT2D eigenvalue weighted by atomic mass is 10.2. The molecule has 124 valence electrons. The van der Waals surface area contributed by atoms with E-state index in [1.165, 1.54) is 6.08 Å². The first-order chi connectivity index (χ1) is 11.1. The SMILES string of the molecule is C/C=C/C(=O)N1CSC[C@@H]1C(=O)N(C)Cc1cccc(OC)c1. The van der Waals surface area contributed by atoms with Gasteiger partial charge in [0, 0.05) is 19.3 Å². The lowest BCUT2D eigenvalue weighted by molar-refractivity contribution is -0.140. The van der Waals surface area contributed by atoms with Gasteiger partial charge in [0.1, 0.15) is 11.8 Å². The minimum absolute atomic E-state index is 0.0318. The van der Waals surface area contributed by atoms with Crippen molar-refractivity contribution in [2.75, 3.05) is 25.8 Å². The number of benzene rings is 1. The first-order valence-corrected chi connectivity index (χ1v) is 8.61. The topological polar surface area (TPSA) is 49.9 Å². The molecule has 1 heterocycles. The first-order valence-electron chi connectivity index (χ1n) is 7.45. The van der Waals surface area contributed by atoms with Gasteiger partial charge in [-0.05, 0) is 30.7 Å². The van der Waals surface area contributed by atoms with Crippen LogP contribution in [0.3, 0.4) is 0 Å². The smallest absolute Gasteiger partial charge is 0.247 e. The number of rotatable bonds is 5. The Balaban J connectivity index is 2.04. The van der Waals surface area contributed by atoms with E-state index in [2.05, 4.69) is 0 Å². The van der Waals surface area contributed by atoms with Crippen LogP contribution in [0, 0.1) is 0 Å². The minimum Gasteiger partial charge on any atom is -0.497 e. The molecule has 1 aliphatic rings. The average molecular weight is 334 g/mol. The number of amides is 2. The molecule has 0 saturated carbocycles. The molecule has 0 bridgehead atoms. The molecule has 5 nitrogen and oxygen atoms in total. The Hall–Kier alpha value is -1.95. The Morgan fingerprint density at radius 1 is 1.48 bits per heavy atom. The molecule has 0 aliphatic carbocycles. The van der Waals surface area contributed by atoms with Crippen molar-refractivity contribution in [2.45, 2.75) is 19.5 Å². The standard InChI is InChI=1S/C17H22N2O3S/c1-4-6-16(20)19-12-23-11-15(19)17(21)18(2)10-13-7-5-8-14(9-13)22-3/h4-9,15H,10-12H2,1-3H3/b6-4+/t15-/m1/s1. The summed E-state index contributed by atoms with van der Waals surface area (Å²) in [4.78, 5) is 28.1. The van der Waals surface area contributed by atoms with Crippen molar-refractivity contribution in [1.82, 2.24) is 9.80 Å². The number of hydrogen-bond acceptors (Lipinski definition) is 4. The van der Waals surface area contributed by atoms with Crippen molar-refractivity contribution in [3.63, 3.8) is 0 Å². The predicted molar refractivity (Wildman–Crippen MR) is 92.2 cm³/mol. The van der Waals surface area contributed by atoms with Crippen LogP contribution < -0.4 is 4.74 Å². The van der Waals surface area contributed by atoms with Crippen LogP contribution >= 0.6 is 11.8 Å². The van der Waals surface area contributed by atoms with E-state index in [0.29, 0.717) is 18.2 Å². The molecule has 2 amide bonds. The number of carbonyl (C=O) groups is 2. The van der Waals surface area contributed by atoms with Crippen molar-refractivity contribution in [2.24, 2.45) is 0 Å². The van der Waals surface area contributed by atoms with Crippen LogP contribution in [-0.4, -0.2) is 53.4 Å². The summed E-state index contributed by atoms with van der Waals surface area (Å²) < 4.78 is 5.20. The number of hydrogen-bond donors (Lipinski definition) is 0. The fraction of sp³-hybridized carbons (Fsp3) is 0.412. The van der Waals surface area contributed by atoms with E-state index in [9.17, 15) is 9.59 Å². The highest BCUT2D eigenvalue weighted by atomic mass is 32.2. The number of nitrogens with zero attached hydrogens (tertiary/aromatic N) is 2. The van der Waals surface area contributed by atoms with Crippen LogP contribution in [0.2, 0.25) is 0 Å². The predicted octanol–water partition coefficient (Wildman–Crippen LogP) is 2.13. The van der Waals surface area contributed by atoms with Crippen molar-refractivity contribution in [1.29, 1.82) is 0 Å². The summed E-state index contributed by atoms with van der Waals surface area (Å²) in [5, 5.41) is 0. The molecule has 1 aromatic rings. The summed E-state index contributed by atoms with van der Waals surface area (Å²) in [7, 11) is 3.39. The van der Waals surface area contributed by atoms with Crippen LogP contribution in [0.5, 0.6) is 5.75 Å². The summed E-state index contributed by atoms with van der Waals surface area (Å²) in [5.74, 6) is 1.84. The maximum Gasteiger partial charge on any atom is 0.247 e. The average Bonchev–Trinajstić information content (AvgIpc) is 3.04. The van der Waals surface area contributed by atoms with Gasteiger partial charge in [-0.2, -0.15) is 0 Å². The normalized spacial score (nSPS) is 17.5. The van der Waals surface area contributed by atoms with Crippen LogP contribution in [-0.2, 0) is 16.1 Å². The molecule has 1 saturated heterocycles. The maximum absolute atomic E-state index is 12.7. The van der Waals surface area contributed by atoms with Crippen molar-refractivity contribution in [3.05, 3.63) is 42.0 Å². The third-order valence-corrected chi connectivity index (χ3v) is 4.70. The van der Waals surface area contributed by atoms with Gasteiger partial charge in [-0.25, -0.2) is 0 Å². The molecule has 6 heteroatoms. The Labute approximate surface area is 141 Å². The number of ether oxygens (including phenoxy) is 1. The number of carbonyl (C=O) groups excluding carboxylic acids is 2. The van der Waals surface area contributed by atoms with Gasteiger partial charge in [0.15, 0.2) is 0 Å². The quantitative estimate of drug-likeness (QED) is 0.774. The Kier molecular flexibility index (Phi) is 6.10. The van der Waals surface area contributed by atoms with E-state index in [1.54, 1.807) is 48.7 Å². The first kappa shape index (κ1) is 17.4. The van der Waals surface area contributed by atoms with Gasteiger partial charge in [0.05, 0.1) is 13.0 Å². The third kappa shape index (κ3) is 4.28. The van der Waals surface area contributed by atoms with Gasteiger partial charge < -0.3 is 14.5 Å². The Bertz CT molecular complexity index is 603. The zero-order chi connectivity index (χ0) is 16.8. The molecule has 2 rings (SSSR count). The summed E-state index contributed by atoms with van der Waals surface area (Å²) in [6.45, 7) is 2.29. The fourth-order valence-corrected chi connectivity index (χ4v) is 3.63. The lowest BCUT2D eigenvalue weighted by Gasteiger charge is -2.26. The molecular weight excluding hydrogens is 312 g/mol. The molecule has 1 aromatic carbocycles. The van der Waals surface area contributed by atoms with Crippen LogP contribution in [0.1, 0.15) is 12.5 Å². The van der Waals surface area contributed by atoms with Gasteiger partial charge >= 0.3 is 0 Å². The van der Waals surface area contributed by atoms with Gasteiger partial charge in [-0.1, -0.05) is 18.2 Å². The molecule has 0 N–H and O–H groups in total. The van der Waals surface area contributed by atoms with E-state index in [4.69, 9.17) is 4.74 Å². The summed E-state index contributed by atoms with van der Waals surface area (Å²) in [6.07, 6.45) is 3.21. The zero-order valence-corrected chi connectivity index (χ0v) is 14.5. The molecule has 1 fully saturated rings. The third-order valence-electron chi connectivity index (χ3n) is 3.69. The summed E-state index contributed by atoms with van der Waals surface area (Å²) in [6, 6.07) is 7.25. The molecular formula is C17H22N2O3S. The maximum atomic E-state index is 12.7. The van der Waals surface area contributed by atoms with Gasteiger partial charge in [0.2, 0.25) is 11.8 Å². The van der Waals surface area contributed by atoms with Gasteiger partial charge in [-0.3, -0.25) is 9.59 Å². The fourth-order valence-electron chi connectivity index (χ4n) is 2.48. The number of likely N-dealkylation sites (N-methyl/N-ethyl adjacent to an activating group) is 1. The number of allylic oxidation sites excluding steroid dienone is 1. The molecule has 1 atom stereocenters. The van der Waals surface area contributed by atoms with E-state index in [-0.39, 0.29) is 17.9 Å². The second-order valence-electron chi connectivity index (χ2n) is 5.37. The monoisotopic (exact) mass is 334 g/mol. The Morgan fingerprint density at radius 3 is 2.96 bits per heavy atom. The van der Waals surface area contributed by atoms with Gasteiger partial charge in [0.25, 0.3) is 0 Å². The second kappa shape index (κ2) is 8.06. The number of thioether (sulfide) groups is 1. The van der Waals surface area contributed by atoms with Crippen LogP contribution in [0.15, 0.2) is 36.4 Å². The largest absolute Gasteiger partial charge is 0.497 e. The highest BCUT2D eigenvalue weighted by Crippen LogP contribution is 2.23.